The van der Waals surface area contributed by atoms with Crippen molar-refractivity contribution in [1.82, 2.24) is 0 Å². The van der Waals surface area contributed by atoms with Crippen molar-refractivity contribution in [3.8, 4) is 0 Å². The van der Waals surface area contributed by atoms with Crippen LogP contribution in [0.15, 0.2) is 0 Å². The van der Waals surface area contributed by atoms with E-state index in [1.54, 1.807) is 0 Å². The van der Waals surface area contributed by atoms with Gasteiger partial charge in [-0.1, -0.05) is 6.92 Å². The lowest BCUT2D eigenvalue weighted by molar-refractivity contribution is -0.868. The zero-order chi connectivity index (χ0) is 6.74. The first-order chi connectivity index (χ1) is 4.27. The molecule has 1 rings (SSSR count). The lowest BCUT2D eigenvalue weighted by atomic mass is 10.4. The Morgan fingerprint density at radius 1 is 1.33 bits per heavy atom. The molecule has 0 aromatic carbocycles. The first-order valence-corrected chi connectivity index (χ1v) is 3.84. The Bertz CT molecular complexity index is 86.9. The van der Waals surface area contributed by atoms with Crippen LogP contribution in [0.5, 0.6) is 0 Å². The van der Waals surface area contributed by atoms with Gasteiger partial charge in [-0.25, -0.2) is 0 Å². The van der Waals surface area contributed by atoms with Crippen LogP contribution in [-0.2, 0) is 0 Å². The summed E-state index contributed by atoms with van der Waals surface area (Å²) in [5, 5.41) is 11.4. The number of rotatable bonds is 2. The molecule has 0 bridgehead atoms. The van der Waals surface area contributed by atoms with E-state index in [1.165, 1.54) is 0 Å². The van der Waals surface area contributed by atoms with E-state index in [-0.39, 0.29) is 4.65 Å². The van der Waals surface area contributed by atoms with Crippen LogP contribution in [0.25, 0.3) is 0 Å². The molecule has 1 aliphatic heterocycles. The predicted octanol–water partition coefficient (Wildman–Crippen LogP) is 1.50. The highest BCUT2D eigenvalue weighted by atomic mass is 16.5. The van der Waals surface area contributed by atoms with Gasteiger partial charge in [0.2, 0.25) is 0 Å². The molecular weight excluding hydrogens is 114 g/mol. The summed E-state index contributed by atoms with van der Waals surface area (Å²) in [5.74, 6) is 0. The molecule has 0 radical (unpaired) electrons. The third-order valence-corrected chi connectivity index (χ3v) is 2.01. The first-order valence-electron chi connectivity index (χ1n) is 3.84. The van der Waals surface area contributed by atoms with E-state index in [1.807, 2.05) is 0 Å². The number of hydroxylamine groups is 3. The molecule has 0 aliphatic carbocycles. The van der Waals surface area contributed by atoms with Gasteiger partial charge in [-0.2, -0.15) is 0 Å². The van der Waals surface area contributed by atoms with Crippen LogP contribution < -0.4 is 0 Å². The minimum Gasteiger partial charge on any atom is -0.633 e. The SMILES string of the molecule is CCC[N+]1([O-])CCCC1. The highest BCUT2D eigenvalue weighted by Gasteiger charge is 2.20. The standard InChI is InChI=1S/C7H15NO/c1-2-5-8(9)6-3-4-7-8/h2-7H2,1H3. The first kappa shape index (κ1) is 7.03. The van der Waals surface area contributed by atoms with E-state index in [9.17, 15) is 5.21 Å². The third-order valence-electron chi connectivity index (χ3n) is 2.01. The van der Waals surface area contributed by atoms with Crippen LogP contribution >= 0.6 is 0 Å². The molecule has 0 atom stereocenters. The quantitative estimate of drug-likeness (QED) is 0.409. The van der Waals surface area contributed by atoms with E-state index >= 15 is 0 Å². The molecule has 2 nitrogen and oxygen atoms in total. The molecule has 0 N–H and O–H groups in total. The summed E-state index contributed by atoms with van der Waals surface area (Å²) in [6.45, 7) is 4.65. The van der Waals surface area contributed by atoms with Gasteiger partial charge in [0.1, 0.15) is 0 Å². The van der Waals surface area contributed by atoms with Gasteiger partial charge in [0.15, 0.2) is 0 Å². The maximum Gasteiger partial charge on any atom is 0.0786 e. The molecule has 1 aliphatic rings. The number of quaternary nitrogens is 1. The summed E-state index contributed by atoms with van der Waals surface area (Å²) in [6.07, 6.45) is 3.32. The van der Waals surface area contributed by atoms with Gasteiger partial charge >= 0.3 is 0 Å². The minimum atomic E-state index is 0.0938. The van der Waals surface area contributed by atoms with Crippen LogP contribution in [-0.4, -0.2) is 24.3 Å². The molecule has 54 valence electrons. The van der Waals surface area contributed by atoms with Crippen molar-refractivity contribution in [2.45, 2.75) is 26.2 Å². The Morgan fingerprint density at radius 2 is 1.89 bits per heavy atom. The molecule has 1 fully saturated rings. The summed E-state index contributed by atoms with van der Waals surface area (Å²) in [6, 6.07) is 0. The van der Waals surface area contributed by atoms with E-state index in [4.69, 9.17) is 0 Å². The zero-order valence-electron chi connectivity index (χ0n) is 6.10. The summed E-state index contributed by atoms with van der Waals surface area (Å²) in [5.41, 5.74) is 0. The van der Waals surface area contributed by atoms with Crippen LogP contribution in [0, 0.1) is 5.21 Å². The second kappa shape index (κ2) is 2.67. The van der Waals surface area contributed by atoms with Gasteiger partial charge in [-0.05, 0) is 6.42 Å². The molecule has 0 amide bonds. The Hall–Kier alpha value is -0.0800. The smallest absolute Gasteiger partial charge is 0.0786 e. The van der Waals surface area contributed by atoms with Gasteiger partial charge < -0.3 is 9.85 Å². The predicted molar refractivity (Wildman–Crippen MR) is 37.8 cm³/mol. The third kappa shape index (κ3) is 1.66. The molecule has 2 heteroatoms. The van der Waals surface area contributed by atoms with Gasteiger partial charge in [-0.15, -0.1) is 0 Å². The van der Waals surface area contributed by atoms with Crippen molar-refractivity contribution >= 4 is 0 Å². The van der Waals surface area contributed by atoms with Crippen molar-refractivity contribution in [2.24, 2.45) is 0 Å². The summed E-state index contributed by atoms with van der Waals surface area (Å²) in [7, 11) is 0. The van der Waals surface area contributed by atoms with Crippen LogP contribution in [0.3, 0.4) is 0 Å². The lowest BCUT2D eigenvalue weighted by Gasteiger charge is -2.38. The zero-order valence-corrected chi connectivity index (χ0v) is 6.10. The summed E-state index contributed by atoms with van der Waals surface area (Å²) in [4.78, 5) is 0. The van der Waals surface area contributed by atoms with Crippen molar-refractivity contribution in [3.63, 3.8) is 0 Å². The molecule has 9 heavy (non-hydrogen) atoms. The molecule has 0 spiro atoms. The molecule has 0 unspecified atom stereocenters. The topological polar surface area (TPSA) is 23.1 Å². The molecule has 0 saturated carbocycles. The largest absolute Gasteiger partial charge is 0.633 e. The number of nitrogens with zero attached hydrogens (tertiary/aromatic N) is 1. The summed E-state index contributed by atoms with van der Waals surface area (Å²) >= 11 is 0. The normalized spacial score (nSPS) is 24.7. The lowest BCUT2D eigenvalue weighted by Crippen LogP contribution is -2.39. The molecular formula is C7H15NO. The van der Waals surface area contributed by atoms with Gasteiger partial charge in [0, 0.05) is 12.8 Å². The average molecular weight is 129 g/mol. The maximum absolute atomic E-state index is 11.4. The van der Waals surface area contributed by atoms with Gasteiger partial charge in [0.05, 0.1) is 19.6 Å². The maximum atomic E-state index is 11.4. The monoisotopic (exact) mass is 129 g/mol. The second-order valence-corrected chi connectivity index (χ2v) is 2.94. The van der Waals surface area contributed by atoms with E-state index < -0.39 is 0 Å². The Morgan fingerprint density at radius 3 is 2.33 bits per heavy atom. The fourth-order valence-electron chi connectivity index (χ4n) is 1.54. The number of likely N-dealkylation sites (tertiary alicyclic amines) is 1. The van der Waals surface area contributed by atoms with Gasteiger partial charge in [0.25, 0.3) is 0 Å². The van der Waals surface area contributed by atoms with E-state index in [0.717, 1.165) is 38.9 Å². The van der Waals surface area contributed by atoms with Crippen molar-refractivity contribution < 1.29 is 4.65 Å². The van der Waals surface area contributed by atoms with Crippen LogP contribution in [0.1, 0.15) is 26.2 Å². The minimum absolute atomic E-state index is 0.0938. The number of hydrogen-bond donors (Lipinski definition) is 0. The van der Waals surface area contributed by atoms with Gasteiger partial charge in [-0.3, -0.25) is 0 Å². The Labute approximate surface area is 56.6 Å². The highest BCUT2D eigenvalue weighted by molar-refractivity contribution is 4.53. The average Bonchev–Trinajstić information content (AvgIpc) is 2.16. The van der Waals surface area contributed by atoms with Crippen LogP contribution in [0.4, 0.5) is 0 Å². The second-order valence-electron chi connectivity index (χ2n) is 2.94. The van der Waals surface area contributed by atoms with E-state index in [2.05, 4.69) is 6.92 Å². The number of hydrogen-bond acceptors (Lipinski definition) is 1. The van der Waals surface area contributed by atoms with Crippen molar-refractivity contribution in [1.29, 1.82) is 0 Å². The molecule has 1 heterocycles. The summed E-state index contributed by atoms with van der Waals surface area (Å²) < 4.78 is 0.0938. The fraction of sp³-hybridized carbons (Fsp3) is 1.00. The molecule has 1 saturated heterocycles. The highest BCUT2D eigenvalue weighted by Crippen LogP contribution is 2.17. The van der Waals surface area contributed by atoms with Crippen LogP contribution in [0.2, 0.25) is 0 Å². The van der Waals surface area contributed by atoms with E-state index in [0.29, 0.717) is 0 Å². The molecule has 0 aromatic heterocycles. The van der Waals surface area contributed by atoms with Crippen molar-refractivity contribution in [2.75, 3.05) is 19.6 Å². The molecule has 0 aromatic rings. The Balaban J connectivity index is 2.32. The Kier molecular flexibility index (Phi) is 2.09. The fourth-order valence-corrected chi connectivity index (χ4v) is 1.54. The van der Waals surface area contributed by atoms with Crippen molar-refractivity contribution in [3.05, 3.63) is 5.21 Å².